The van der Waals surface area contributed by atoms with Crippen LogP contribution in [0.4, 0.5) is 0 Å². The summed E-state index contributed by atoms with van der Waals surface area (Å²) in [6.07, 6.45) is 0. The van der Waals surface area contributed by atoms with Gasteiger partial charge in [-0.3, -0.25) is 0 Å². The number of hydrogen-bond acceptors (Lipinski definition) is 5. The Kier molecular flexibility index (Phi) is 6.15. The van der Waals surface area contributed by atoms with E-state index in [1.165, 1.54) is 0 Å². The molecule has 0 aliphatic rings. The summed E-state index contributed by atoms with van der Waals surface area (Å²) in [7, 11) is 0. The smallest absolute Gasteiger partial charge is 0.335 e. The molecule has 5 heteroatoms. The van der Waals surface area contributed by atoms with Crippen LogP contribution in [0.5, 0.6) is 0 Å². The Morgan fingerprint density at radius 1 is 1.40 bits per heavy atom. The maximum absolute atomic E-state index is 11.1. The Balaban J connectivity index is 3.70. The summed E-state index contributed by atoms with van der Waals surface area (Å²) in [5, 5.41) is 8.42. The zero-order valence-corrected chi connectivity index (χ0v) is 9.41. The van der Waals surface area contributed by atoms with Crippen LogP contribution in [0.1, 0.15) is 20.8 Å². The maximum Gasteiger partial charge on any atom is 0.335 e. The highest BCUT2D eigenvalue weighted by Crippen LogP contribution is 2.08. The summed E-state index contributed by atoms with van der Waals surface area (Å²) >= 11 is 0. The first-order valence-corrected chi connectivity index (χ1v) is 4.63. The lowest BCUT2D eigenvalue weighted by molar-refractivity contribution is -0.343. The minimum absolute atomic E-state index is 0.0437. The maximum atomic E-state index is 11.1. The van der Waals surface area contributed by atoms with E-state index in [1.54, 1.807) is 0 Å². The molecule has 0 aliphatic heterocycles. The fourth-order valence-corrected chi connectivity index (χ4v) is 0.577. The summed E-state index contributed by atoms with van der Waals surface area (Å²) < 4.78 is 4.61. The summed E-state index contributed by atoms with van der Waals surface area (Å²) in [5.74, 6) is -0.596. The van der Waals surface area contributed by atoms with Crippen molar-refractivity contribution in [3.05, 3.63) is 12.2 Å². The molecular formula is C10H18O5. The molecule has 0 unspecified atom stereocenters. The van der Waals surface area contributed by atoms with Gasteiger partial charge in [0.2, 0.25) is 0 Å². The summed E-state index contributed by atoms with van der Waals surface area (Å²) in [4.78, 5) is 20.8. The first-order valence-electron chi connectivity index (χ1n) is 4.63. The Labute approximate surface area is 89.6 Å². The van der Waals surface area contributed by atoms with Gasteiger partial charge in [0.05, 0.1) is 17.8 Å². The number of ether oxygens (including phenoxy) is 1. The van der Waals surface area contributed by atoms with Gasteiger partial charge in [-0.15, -0.1) is 0 Å². The molecule has 0 amide bonds. The highest BCUT2D eigenvalue weighted by Gasteiger charge is 2.14. The Bertz CT molecular complexity index is 216. The quantitative estimate of drug-likeness (QED) is 0.309. The molecule has 0 radical (unpaired) electrons. The average Bonchev–Trinajstić information content (AvgIpc) is 2.11. The van der Waals surface area contributed by atoms with E-state index in [-0.39, 0.29) is 25.4 Å². The van der Waals surface area contributed by atoms with Gasteiger partial charge in [0.1, 0.15) is 13.2 Å². The number of carbonyl (C=O) groups excluding carboxylic acids is 1. The third-order valence-corrected chi connectivity index (χ3v) is 1.16. The molecule has 0 aromatic rings. The molecule has 0 saturated heterocycles. The molecule has 0 aromatic heterocycles. The summed E-state index contributed by atoms with van der Waals surface area (Å²) in [6, 6.07) is 0. The summed E-state index contributed by atoms with van der Waals surface area (Å²) in [5.41, 5.74) is -0.289. The third-order valence-electron chi connectivity index (χ3n) is 1.16. The minimum atomic E-state index is -0.596. The van der Waals surface area contributed by atoms with Crippen LogP contribution in [0.25, 0.3) is 0 Å². The Hall–Kier alpha value is -0.910. The molecule has 1 N–H and O–H groups in total. The second kappa shape index (κ2) is 6.55. The van der Waals surface area contributed by atoms with Gasteiger partial charge in [-0.25, -0.2) is 14.6 Å². The van der Waals surface area contributed by atoms with Crippen molar-refractivity contribution in [1.29, 1.82) is 0 Å². The largest absolute Gasteiger partial charge is 0.460 e. The van der Waals surface area contributed by atoms with Crippen molar-refractivity contribution in [2.45, 2.75) is 26.4 Å². The van der Waals surface area contributed by atoms with E-state index in [0.717, 1.165) is 0 Å². The Morgan fingerprint density at radius 3 is 2.47 bits per heavy atom. The standard InChI is InChI=1S/C10H18O5/c1-8(9(12)13-6-5-11)7-14-15-10(2,3)4/h11H,1,5-7H2,2-4H3. The average molecular weight is 218 g/mol. The van der Waals surface area contributed by atoms with Crippen molar-refractivity contribution < 1.29 is 24.4 Å². The van der Waals surface area contributed by atoms with E-state index in [2.05, 4.69) is 11.3 Å². The van der Waals surface area contributed by atoms with Gasteiger partial charge in [-0.2, -0.15) is 0 Å². The Morgan fingerprint density at radius 2 is 2.00 bits per heavy atom. The van der Waals surface area contributed by atoms with Gasteiger partial charge >= 0.3 is 5.97 Å². The second-order valence-corrected chi connectivity index (χ2v) is 3.92. The molecule has 0 atom stereocenters. The predicted molar refractivity (Wildman–Crippen MR) is 54.0 cm³/mol. The second-order valence-electron chi connectivity index (χ2n) is 3.92. The van der Waals surface area contributed by atoms with E-state index in [0.29, 0.717) is 0 Å². The van der Waals surface area contributed by atoms with Crippen LogP contribution >= 0.6 is 0 Å². The third kappa shape index (κ3) is 8.11. The predicted octanol–water partition coefficient (Wildman–Crippen LogP) is 0.825. The normalized spacial score (nSPS) is 11.2. The van der Waals surface area contributed by atoms with E-state index in [1.807, 2.05) is 20.8 Å². The van der Waals surface area contributed by atoms with Crippen molar-refractivity contribution >= 4 is 5.97 Å². The molecular weight excluding hydrogens is 200 g/mol. The van der Waals surface area contributed by atoms with E-state index in [9.17, 15) is 4.79 Å². The molecule has 0 rings (SSSR count). The molecule has 0 aliphatic carbocycles. The van der Waals surface area contributed by atoms with Gasteiger partial charge in [-0.1, -0.05) is 6.58 Å². The van der Waals surface area contributed by atoms with Crippen molar-refractivity contribution in [3.63, 3.8) is 0 Å². The SMILES string of the molecule is C=C(COOC(C)(C)C)C(=O)OCCO. The van der Waals surface area contributed by atoms with Crippen LogP contribution in [-0.4, -0.2) is 36.5 Å². The molecule has 0 spiro atoms. The highest BCUT2D eigenvalue weighted by atomic mass is 17.2. The molecule has 88 valence electrons. The first-order chi connectivity index (χ1) is 6.87. The fourth-order valence-electron chi connectivity index (χ4n) is 0.577. The van der Waals surface area contributed by atoms with Crippen LogP contribution < -0.4 is 0 Å². The van der Waals surface area contributed by atoms with E-state index >= 15 is 0 Å². The number of hydrogen-bond donors (Lipinski definition) is 1. The van der Waals surface area contributed by atoms with Crippen LogP contribution in [-0.2, 0) is 19.3 Å². The zero-order chi connectivity index (χ0) is 11.9. The molecule has 15 heavy (non-hydrogen) atoms. The van der Waals surface area contributed by atoms with Crippen molar-refractivity contribution in [2.24, 2.45) is 0 Å². The molecule has 0 aromatic carbocycles. The lowest BCUT2D eigenvalue weighted by atomic mass is 10.2. The van der Waals surface area contributed by atoms with Crippen molar-refractivity contribution in [1.82, 2.24) is 0 Å². The fraction of sp³-hybridized carbons (Fsp3) is 0.700. The van der Waals surface area contributed by atoms with Crippen molar-refractivity contribution in [2.75, 3.05) is 19.8 Å². The lowest BCUT2D eigenvalue weighted by Crippen LogP contribution is -2.21. The van der Waals surface area contributed by atoms with Gasteiger partial charge in [-0.05, 0) is 20.8 Å². The van der Waals surface area contributed by atoms with Gasteiger partial charge in [0.15, 0.2) is 0 Å². The number of rotatable bonds is 6. The zero-order valence-electron chi connectivity index (χ0n) is 9.41. The molecule has 0 bridgehead atoms. The van der Waals surface area contributed by atoms with Gasteiger partial charge in [0.25, 0.3) is 0 Å². The van der Waals surface area contributed by atoms with Crippen molar-refractivity contribution in [3.8, 4) is 0 Å². The number of aliphatic hydroxyl groups excluding tert-OH is 1. The topological polar surface area (TPSA) is 65.0 Å². The molecule has 0 fully saturated rings. The molecule has 0 heterocycles. The molecule has 5 nitrogen and oxygen atoms in total. The van der Waals surface area contributed by atoms with E-state index in [4.69, 9.17) is 14.9 Å². The monoisotopic (exact) mass is 218 g/mol. The van der Waals surface area contributed by atoms with E-state index < -0.39 is 11.6 Å². The lowest BCUT2D eigenvalue weighted by Gasteiger charge is -2.17. The highest BCUT2D eigenvalue weighted by molar-refractivity contribution is 5.87. The summed E-state index contributed by atoms with van der Waals surface area (Å²) in [6.45, 7) is 8.62. The number of carbonyl (C=O) groups is 1. The van der Waals surface area contributed by atoms with Crippen LogP contribution in [0.15, 0.2) is 12.2 Å². The molecule has 0 saturated carbocycles. The number of esters is 1. The van der Waals surface area contributed by atoms with Gasteiger partial charge in [0, 0.05) is 0 Å². The number of aliphatic hydroxyl groups is 1. The van der Waals surface area contributed by atoms with Crippen LogP contribution in [0.2, 0.25) is 0 Å². The minimum Gasteiger partial charge on any atom is -0.460 e. The van der Waals surface area contributed by atoms with Crippen LogP contribution in [0.3, 0.4) is 0 Å². The van der Waals surface area contributed by atoms with Gasteiger partial charge < -0.3 is 9.84 Å². The van der Waals surface area contributed by atoms with Crippen LogP contribution in [0, 0.1) is 0 Å². The first kappa shape index (κ1) is 14.1.